The molecule has 0 aliphatic carbocycles. The molecule has 0 bridgehead atoms. The highest BCUT2D eigenvalue weighted by molar-refractivity contribution is 6.05. The van der Waals surface area contributed by atoms with Crippen LogP contribution in [0.3, 0.4) is 0 Å². The average molecular weight is 585 g/mol. The summed E-state index contributed by atoms with van der Waals surface area (Å²) in [5.41, 5.74) is 7.92. The number of carbonyl (C=O) groups excluding carboxylic acids is 1. The van der Waals surface area contributed by atoms with Crippen molar-refractivity contribution in [3.8, 4) is 17.5 Å². The van der Waals surface area contributed by atoms with Gasteiger partial charge in [-0.05, 0) is 93.6 Å². The standard InChI is InChI=1S/C34H32N8O2/c1-21-11-22(2)30(33(43)40-26-13-25(34(4,5)44)14-29(15-26)41-19-23(3)36-20-41)12-24(21)8-9-28-18-35-32-31(7-6-10-42(28)32)39-27-16-37-38-17-27/h6-7,10-20,39,44H,1-5H3,(H,37,38)(H,40,43). The summed E-state index contributed by atoms with van der Waals surface area (Å²) in [6.07, 6.45) is 10.7. The van der Waals surface area contributed by atoms with Gasteiger partial charge >= 0.3 is 0 Å². The minimum absolute atomic E-state index is 0.268. The third-order valence-electron chi connectivity index (χ3n) is 7.35. The number of pyridine rings is 1. The minimum atomic E-state index is -1.11. The molecule has 4 heterocycles. The number of fused-ring (bicyclic) bond motifs is 1. The van der Waals surface area contributed by atoms with Gasteiger partial charge in [0.05, 0.1) is 41.4 Å². The number of benzene rings is 2. The Labute approximate surface area is 254 Å². The third kappa shape index (κ3) is 5.82. The lowest BCUT2D eigenvalue weighted by molar-refractivity contribution is 0.0785. The maximum Gasteiger partial charge on any atom is 0.255 e. The molecule has 6 aromatic rings. The molecule has 0 saturated heterocycles. The molecule has 4 aromatic heterocycles. The number of carbonyl (C=O) groups is 1. The summed E-state index contributed by atoms with van der Waals surface area (Å²) in [7, 11) is 0. The number of anilines is 3. The van der Waals surface area contributed by atoms with Gasteiger partial charge in [-0.1, -0.05) is 12.0 Å². The molecule has 0 fully saturated rings. The van der Waals surface area contributed by atoms with Gasteiger partial charge in [0, 0.05) is 41.1 Å². The quantitative estimate of drug-likeness (QED) is 0.184. The van der Waals surface area contributed by atoms with Gasteiger partial charge in [0.15, 0.2) is 5.65 Å². The molecule has 44 heavy (non-hydrogen) atoms. The Morgan fingerprint density at radius 2 is 1.84 bits per heavy atom. The first kappa shape index (κ1) is 28.5. The molecule has 0 radical (unpaired) electrons. The van der Waals surface area contributed by atoms with Crippen LogP contribution in [0.2, 0.25) is 0 Å². The maximum absolute atomic E-state index is 13.6. The number of aliphatic hydroxyl groups is 1. The van der Waals surface area contributed by atoms with Crippen LogP contribution >= 0.6 is 0 Å². The molecule has 0 saturated carbocycles. The zero-order valence-corrected chi connectivity index (χ0v) is 25.1. The molecule has 0 unspecified atom stereocenters. The first-order chi connectivity index (χ1) is 21.0. The van der Waals surface area contributed by atoms with Crippen LogP contribution in [-0.2, 0) is 5.60 Å². The van der Waals surface area contributed by atoms with Gasteiger partial charge in [0.25, 0.3) is 5.91 Å². The summed E-state index contributed by atoms with van der Waals surface area (Å²) in [5, 5.41) is 23.9. The predicted molar refractivity (Wildman–Crippen MR) is 170 cm³/mol. The Bertz CT molecular complexity index is 2070. The number of nitrogens with zero attached hydrogens (tertiary/aromatic N) is 5. The van der Waals surface area contributed by atoms with Crippen LogP contribution in [0.15, 0.2) is 79.8 Å². The van der Waals surface area contributed by atoms with Crippen molar-refractivity contribution in [2.75, 3.05) is 10.6 Å². The first-order valence-corrected chi connectivity index (χ1v) is 14.1. The molecule has 1 amide bonds. The summed E-state index contributed by atoms with van der Waals surface area (Å²) < 4.78 is 3.78. The van der Waals surface area contributed by atoms with Crippen molar-refractivity contribution in [3.05, 3.63) is 119 Å². The Morgan fingerprint density at radius 1 is 1.00 bits per heavy atom. The van der Waals surface area contributed by atoms with Crippen LogP contribution in [-0.4, -0.2) is 40.1 Å². The van der Waals surface area contributed by atoms with Gasteiger partial charge in [-0.15, -0.1) is 0 Å². The molecule has 4 N–H and O–H groups in total. The number of hydrogen-bond donors (Lipinski definition) is 4. The van der Waals surface area contributed by atoms with Gasteiger partial charge in [0.2, 0.25) is 0 Å². The molecule has 10 heteroatoms. The summed E-state index contributed by atoms with van der Waals surface area (Å²) in [4.78, 5) is 22.5. The van der Waals surface area contributed by atoms with E-state index in [1.807, 2.05) is 78.5 Å². The molecule has 2 aromatic carbocycles. The van der Waals surface area contributed by atoms with Gasteiger partial charge in [-0.3, -0.25) is 14.3 Å². The van der Waals surface area contributed by atoms with Crippen molar-refractivity contribution in [2.45, 2.75) is 40.2 Å². The van der Waals surface area contributed by atoms with E-state index in [1.54, 1.807) is 44.8 Å². The molecule has 0 spiro atoms. The molecular formula is C34H32N8O2. The topological polar surface area (TPSA) is 125 Å². The van der Waals surface area contributed by atoms with E-state index >= 15 is 0 Å². The minimum Gasteiger partial charge on any atom is -0.386 e. The fourth-order valence-electron chi connectivity index (χ4n) is 4.99. The van der Waals surface area contributed by atoms with Gasteiger partial charge < -0.3 is 20.3 Å². The number of aromatic amines is 1. The SMILES string of the molecule is Cc1cn(-c2cc(NC(=O)c3cc(C#Cc4cnc5c(Nc6cn[nH]c6)cccn45)c(C)cc3C)cc(C(C)(C)O)c2)cn1. The van der Waals surface area contributed by atoms with E-state index in [-0.39, 0.29) is 5.91 Å². The second-order valence-electron chi connectivity index (χ2n) is 11.3. The predicted octanol–water partition coefficient (Wildman–Crippen LogP) is 5.79. The largest absolute Gasteiger partial charge is 0.386 e. The molecule has 220 valence electrons. The number of aryl methyl sites for hydroxylation is 3. The Balaban J connectivity index is 1.30. The lowest BCUT2D eigenvalue weighted by Crippen LogP contribution is -2.18. The van der Waals surface area contributed by atoms with Crippen molar-refractivity contribution in [2.24, 2.45) is 0 Å². The van der Waals surface area contributed by atoms with E-state index < -0.39 is 5.60 Å². The summed E-state index contributed by atoms with van der Waals surface area (Å²) >= 11 is 0. The van der Waals surface area contributed by atoms with Gasteiger partial charge in [0.1, 0.15) is 5.69 Å². The van der Waals surface area contributed by atoms with Crippen molar-refractivity contribution in [3.63, 3.8) is 0 Å². The van der Waals surface area contributed by atoms with Crippen LogP contribution in [0, 0.1) is 32.6 Å². The van der Waals surface area contributed by atoms with Crippen molar-refractivity contribution < 1.29 is 9.90 Å². The number of H-pyrrole nitrogens is 1. The summed E-state index contributed by atoms with van der Waals surface area (Å²) in [6, 6.07) is 13.2. The number of amides is 1. The molecule has 0 aliphatic rings. The van der Waals surface area contributed by atoms with E-state index in [2.05, 4.69) is 42.6 Å². The monoisotopic (exact) mass is 584 g/mol. The highest BCUT2D eigenvalue weighted by Gasteiger charge is 2.20. The number of imidazole rings is 2. The normalized spacial score (nSPS) is 11.3. The molecular weight excluding hydrogens is 552 g/mol. The van der Waals surface area contributed by atoms with Crippen LogP contribution in [0.4, 0.5) is 17.1 Å². The van der Waals surface area contributed by atoms with E-state index in [0.29, 0.717) is 22.5 Å². The average Bonchev–Trinajstić information content (AvgIpc) is 3.74. The van der Waals surface area contributed by atoms with Crippen LogP contribution in [0.25, 0.3) is 11.3 Å². The zero-order chi connectivity index (χ0) is 31.0. The molecule has 6 rings (SSSR count). The van der Waals surface area contributed by atoms with E-state index in [1.165, 1.54) is 0 Å². The fourth-order valence-corrected chi connectivity index (χ4v) is 4.99. The summed E-state index contributed by atoms with van der Waals surface area (Å²) in [5.74, 6) is 6.22. The van der Waals surface area contributed by atoms with Crippen LogP contribution < -0.4 is 10.6 Å². The second kappa shape index (κ2) is 11.2. The second-order valence-corrected chi connectivity index (χ2v) is 11.3. The van der Waals surface area contributed by atoms with E-state index in [9.17, 15) is 9.90 Å². The van der Waals surface area contributed by atoms with Crippen LogP contribution in [0.1, 0.15) is 57.8 Å². The molecule has 0 aliphatic heterocycles. The Morgan fingerprint density at radius 3 is 2.57 bits per heavy atom. The highest BCUT2D eigenvalue weighted by atomic mass is 16.3. The van der Waals surface area contributed by atoms with Gasteiger partial charge in [-0.25, -0.2) is 9.97 Å². The van der Waals surface area contributed by atoms with Gasteiger partial charge in [-0.2, -0.15) is 5.10 Å². The molecule has 10 nitrogen and oxygen atoms in total. The third-order valence-corrected chi connectivity index (χ3v) is 7.35. The number of aromatic nitrogens is 6. The zero-order valence-electron chi connectivity index (χ0n) is 25.1. The van der Waals surface area contributed by atoms with Crippen molar-refractivity contribution >= 4 is 28.6 Å². The van der Waals surface area contributed by atoms with Crippen molar-refractivity contribution in [1.29, 1.82) is 0 Å². The first-order valence-electron chi connectivity index (χ1n) is 14.1. The summed E-state index contributed by atoms with van der Waals surface area (Å²) in [6.45, 7) is 9.23. The van der Waals surface area contributed by atoms with E-state index in [4.69, 9.17) is 0 Å². The Kier molecular flexibility index (Phi) is 7.25. The smallest absolute Gasteiger partial charge is 0.255 e. The number of nitrogens with one attached hydrogen (secondary N) is 3. The lowest BCUT2D eigenvalue weighted by atomic mass is 9.96. The molecule has 0 atom stereocenters. The van der Waals surface area contributed by atoms with Crippen LogP contribution in [0.5, 0.6) is 0 Å². The highest BCUT2D eigenvalue weighted by Crippen LogP contribution is 2.28. The number of hydrogen-bond acceptors (Lipinski definition) is 6. The maximum atomic E-state index is 13.6. The Hall–Kier alpha value is -5.66. The number of rotatable bonds is 6. The fraction of sp³-hybridized carbons (Fsp3) is 0.176. The van der Waals surface area contributed by atoms with Crippen molar-refractivity contribution in [1.82, 2.24) is 29.1 Å². The lowest BCUT2D eigenvalue weighted by Gasteiger charge is -2.21. The van der Waals surface area contributed by atoms with E-state index in [0.717, 1.165) is 45.1 Å².